The lowest BCUT2D eigenvalue weighted by atomic mass is 10.6. The van der Waals surface area contributed by atoms with Crippen molar-refractivity contribution in [2.75, 3.05) is 25.2 Å². The van der Waals surface area contributed by atoms with Gasteiger partial charge in [-0.05, 0) is 20.8 Å². The minimum atomic E-state index is -2.45. The van der Waals surface area contributed by atoms with Crippen LogP contribution < -0.4 is 0 Å². The average molecular weight is 285 g/mol. The van der Waals surface area contributed by atoms with Crippen LogP contribution in [0.2, 0.25) is 5.54 Å². The van der Waals surface area contributed by atoms with Crippen molar-refractivity contribution in [3.8, 4) is 0 Å². The Morgan fingerprint density at radius 3 is 1.57 bits per heavy atom. The molecule has 0 saturated carbocycles. The van der Waals surface area contributed by atoms with Gasteiger partial charge in [0.15, 0.2) is 0 Å². The monoisotopic (exact) mass is 284 g/mol. The summed E-state index contributed by atoms with van der Waals surface area (Å²) in [6.07, 6.45) is 0. The summed E-state index contributed by atoms with van der Waals surface area (Å²) in [5, 5.41) is 0.846. The first kappa shape index (κ1) is 14.6. The molecule has 0 saturated heterocycles. The van der Waals surface area contributed by atoms with Crippen LogP contribution in [0.15, 0.2) is 0 Å². The molecule has 0 fully saturated rings. The SMILES string of the molecule is CCO[Si](OCC)(OCC)C(C)CBr. The summed E-state index contributed by atoms with van der Waals surface area (Å²) in [5.74, 6) is 0. The smallest absolute Gasteiger partial charge is 0.374 e. The molecule has 0 amide bonds. The van der Waals surface area contributed by atoms with E-state index in [0.29, 0.717) is 25.4 Å². The van der Waals surface area contributed by atoms with E-state index in [4.69, 9.17) is 13.3 Å². The fourth-order valence-electron chi connectivity index (χ4n) is 1.25. The molecule has 0 aromatic heterocycles. The van der Waals surface area contributed by atoms with Gasteiger partial charge in [0.1, 0.15) is 0 Å². The fourth-order valence-corrected chi connectivity index (χ4v) is 4.94. The molecule has 0 heterocycles. The van der Waals surface area contributed by atoms with Crippen LogP contribution in [-0.4, -0.2) is 34.0 Å². The van der Waals surface area contributed by atoms with Gasteiger partial charge in [-0.3, -0.25) is 0 Å². The molecule has 1 atom stereocenters. The highest BCUT2D eigenvalue weighted by Gasteiger charge is 2.46. The highest BCUT2D eigenvalue weighted by atomic mass is 79.9. The summed E-state index contributed by atoms with van der Waals surface area (Å²) in [4.78, 5) is 0. The lowest BCUT2D eigenvalue weighted by Gasteiger charge is -2.32. The molecule has 86 valence electrons. The van der Waals surface area contributed by atoms with Gasteiger partial charge in [-0.15, -0.1) is 0 Å². The van der Waals surface area contributed by atoms with E-state index >= 15 is 0 Å². The molecular weight excluding hydrogens is 264 g/mol. The van der Waals surface area contributed by atoms with Crippen LogP contribution in [0.3, 0.4) is 0 Å². The molecule has 0 aromatic carbocycles. The summed E-state index contributed by atoms with van der Waals surface area (Å²) >= 11 is 3.46. The maximum atomic E-state index is 5.73. The Labute approximate surface area is 96.6 Å². The predicted octanol–water partition coefficient (Wildman–Crippen LogP) is 2.82. The van der Waals surface area contributed by atoms with Crippen molar-refractivity contribution in [3.05, 3.63) is 0 Å². The zero-order chi connectivity index (χ0) is 11.0. The second-order valence-corrected chi connectivity index (χ2v) is 6.66. The Hall–Kier alpha value is 0.577. The third kappa shape index (κ3) is 3.98. The molecule has 0 radical (unpaired) electrons. The third-order valence-corrected chi connectivity index (χ3v) is 6.92. The first-order valence-electron chi connectivity index (χ1n) is 5.14. The summed E-state index contributed by atoms with van der Waals surface area (Å²) in [5.41, 5.74) is 0.294. The van der Waals surface area contributed by atoms with E-state index < -0.39 is 8.80 Å². The number of halogens is 1. The molecule has 5 heteroatoms. The third-order valence-electron chi connectivity index (χ3n) is 1.87. The van der Waals surface area contributed by atoms with Gasteiger partial charge in [0, 0.05) is 30.7 Å². The quantitative estimate of drug-likeness (QED) is 0.507. The molecular formula is C9H21BrO3Si. The minimum Gasteiger partial charge on any atom is -0.374 e. The Morgan fingerprint density at radius 1 is 1.00 bits per heavy atom. The normalized spacial score (nSPS) is 14.4. The first-order valence-corrected chi connectivity index (χ1v) is 8.06. The highest BCUT2D eigenvalue weighted by molar-refractivity contribution is 9.09. The maximum absolute atomic E-state index is 5.73. The van der Waals surface area contributed by atoms with Gasteiger partial charge in [-0.1, -0.05) is 22.9 Å². The van der Waals surface area contributed by atoms with Crippen molar-refractivity contribution in [3.63, 3.8) is 0 Å². The summed E-state index contributed by atoms with van der Waals surface area (Å²) in [6, 6.07) is 0. The standard InChI is InChI=1S/C9H21BrO3Si/c1-5-11-14(12-6-2,13-7-3)9(4)8-10/h9H,5-8H2,1-4H3. The van der Waals surface area contributed by atoms with Gasteiger partial charge < -0.3 is 13.3 Å². The number of hydrogen-bond donors (Lipinski definition) is 0. The van der Waals surface area contributed by atoms with Crippen molar-refractivity contribution in [1.29, 1.82) is 0 Å². The van der Waals surface area contributed by atoms with E-state index in [1.807, 2.05) is 20.8 Å². The van der Waals surface area contributed by atoms with Crippen LogP contribution in [0.25, 0.3) is 0 Å². The zero-order valence-electron chi connectivity index (χ0n) is 9.51. The fraction of sp³-hybridized carbons (Fsp3) is 1.00. The molecule has 0 N–H and O–H groups in total. The largest absolute Gasteiger partial charge is 0.504 e. The second-order valence-electron chi connectivity index (χ2n) is 2.96. The van der Waals surface area contributed by atoms with E-state index in [1.54, 1.807) is 0 Å². The van der Waals surface area contributed by atoms with Crippen LogP contribution in [0.1, 0.15) is 27.7 Å². The molecule has 0 aliphatic carbocycles. The Morgan fingerprint density at radius 2 is 1.36 bits per heavy atom. The van der Waals surface area contributed by atoms with Crippen LogP contribution in [0.4, 0.5) is 0 Å². The average Bonchev–Trinajstić information content (AvgIpc) is 2.17. The number of hydrogen-bond acceptors (Lipinski definition) is 3. The first-order chi connectivity index (χ1) is 6.66. The Bertz CT molecular complexity index is 129. The van der Waals surface area contributed by atoms with Crippen molar-refractivity contribution >= 4 is 24.7 Å². The van der Waals surface area contributed by atoms with Crippen LogP contribution in [-0.2, 0) is 13.3 Å². The molecule has 3 nitrogen and oxygen atoms in total. The molecule has 0 bridgehead atoms. The van der Waals surface area contributed by atoms with Gasteiger partial charge in [-0.2, -0.15) is 0 Å². The van der Waals surface area contributed by atoms with Crippen LogP contribution >= 0.6 is 15.9 Å². The van der Waals surface area contributed by atoms with Gasteiger partial charge in [-0.25, -0.2) is 0 Å². The van der Waals surface area contributed by atoms with Crippen molar-refractivity contribution < 1.29 is 13.3 Å². The van der Waals surface area contributed by atoms with E-state index in [9.17, 15) is 0 Å². The maximum Gasteiger partial charge on any atom is 0.504 e. The lowest BCUT2D eigenvalue weighted by Crippen LogP contribution is -2.50. The molecule has 0 aromatic rings. The number of rotatable bonds is 8. The van der Waals surface area contributed by atoms with E-state index in [0.717, 1.165) is 5.33 Å². The summed E-state index contributed by atoms with van der Waals surface area (Å²) in [7, 11) is -2.45. The minimum absolute atomic E-state index is 0.294. The molecule has 0 spiro atoms. The highest BCUT2D eigenvalue weighted by Crippen LogP contribution is 2.27. The number of alkyl halides is 1. The van der Waals surface area contributed by atoms with Crippen molar-refractivity contribution in [2.24, 2.45) is 0 Å². The summed E-state index contributed by atoms with van der Waals surface area (Å²) < 4.78 is 17.2. The van der Waals surface area contributed by atoms with Gasteiger partial charge in [0.2, 0.25) is 0 Å². The molecule has 0 aliphatic rings. The van der Waals surface area contributed by atoms with Gasteiger partial charge >= 0.3 is 8.80 Å². The van der Waals surface area contributed by atoms with Gasteiger partial charge in [0.25, 0.3) is 0 Å². The zero-order valence-corrected chi connectivity index (χ0v) is 12.1. The van der Waals surface area contributed by atoms with E-state index in [-0.39, 0.29) is 0 Å². The predicted molar refractivity (Wildman–Crippen MR) is 63.9 cm³/mol. The second kappa shape index (κ2) is 7.82. The van der Waals surface area contributed by atoms with Crippen LogP contribution in [0.5, 0.6) is 0 Å². The topological polar surface area (TPSA) is 27.7 Å². The Balaban J connectivity index is 4.53. The molecule has 0 rings (SSSR count). The van der Waals surface area contributed by atoms with Crippen LogP contribution in [0, 0.1) is 0 Å². The lowest BCUT2D eigenvalue weighted by molar-refractivity contribution is 0.0647. The molecule has 0 aliphatic heterocycles. The van der Waals surface area contributed by atoms with Crippen molar-refractivity contribution in [2.45, 2.75) is 33.2 Å². The Kier molecular flexibility index (Phi) is 8.14. The molecule has 14 heavy (non-hydrogen) atoms. The van der Waals surface area contributed by atoms with E-state index in [2.05, 4.69) is 22.9 Å². The van der Waals surface area contributed by atoms with Crippen molar-refractivity contribution in [1.82, 2.24) is 0 Å². The molecule has 1 unspecified atom stereocenters. The summed E-state index contributed by atoms with van der Waals surface area (Å²) in [6.45, 7) is 9.95. The van der Waals surface area contributed by atoms with E-state index in [1.165, 1.54) is 0 Å². The van der Waals surface area contributed by atoms with Gasteiger partial charge in [0.05, 0.1) is 0 Å².